The quantitative estimate of drug-likeness (QED) is 0.678. The third-order valence-corrected chi connectivity index (χ3v) is 1.25. The van der Waals surface area contributed by atoms with Crippen molar-refractivity contribution in [2.75, 3.05) is 6.54 Å². The molecule has 0 bridgehead atoms. The second-order valence-electron chi connectivity index (χ2n) is 2.41. The van der Waals surface area contributed by atoms with Gasteiger partial charge in [0.15, 0.2) is 0 Å². The number of rotatable bonds is 3. The molecule has 0 saturated carbocycles. The highest BCUT2D eigenvalue weighted by atomic mass is 16.5. The predicted octanol–water partition coefficient (Wildman–Crippen LogP) is -0.203. The largest absolute Gasteiger partial charge is 0.480 e. The van der Waals surface area contributed by atoms with Crippen molar-refractivity contribution in [3.05, 3.63) is 17.5 Å². The lowest BCUT2D eigenvalue weighted by atomic mass is 10.4. The Morgan fingerprint density at radius 1 is 1.69 bits per heavy atom. The van der Waals surface area contributed by atoms with Crippen LogP contribution in [0.1, 0.15) is 16.2 Å². The number of aromatic nitrogens is 1. The van der Waals surface area contributed by atoms with Crippen molar-refractivity contribution in [1.29, 1.82) is 0 Å². The molecule has 6 heteroatoms. The second kappa shape index (κ2) is 3.70. The zero-order chi connectivity index (χ0) is 9.84. The molecular weight excluding hydrogens is 176 g/mol. The van der Waals surface area contributed by atoms with Crippen LogP contribution in [-0.4, -0.2) is 28.7 Å². The van der Waals surface area contributed by atoms with Gasteiger partial charge in [0.05, 0.1) is 5.69 Å². The van der Waals surface area contributed by atoms with Crippen molar-refractivity contribution in [2.24, 2.45) is 0 Å². The van der Waals surface area contributed by atoms with Crippen LogP contribution in [0.2, 0.25) is 0 Å². The van der Waals surface area contributed by atoms with Crippen molar-refractivity contribution < 1.29 is 19.2 Å². The molecule has 0 unspecified atom stereocenters. The average molecular weight is 184 g/mol. The summed E-state index contributed by atoms with van der Waals surface area (Å²) in [4.78, 5) is 21.1. The molecule has 0 aromatic carbocycles. The molecule has 2 N–H and O–H groups in total. The normalized spacial score (nSPS) is 9.62. The van der Waals surface area contributed by atoms with E-state index in [-0.39, 0.29) is 5.76 Å². The standard InChI is InChI=1S/C7H8N2O4/c1-4-2-5(13-9-4)7(12)8-3-6(10)11/h2H,3H2,1H3,(H,8,12)(H,10,11). The Morgan fingerprint density at radius 3 is 2.85 bits per heavy atom. The van der Waals surface area contributed by atoms with E-state index in [0.29, 0.717) is 5.69 Å². The number of aliphatic carboxylic acids is 1. The van der Waals surface area contributed by atoms with E-state index in [1.54, 1.807) is 6.92 Å². The molecule has 0 radical (unpaired) electrons. The first-order valence-electron chi connectivity index (χ1n) is 3.53. The summed E-state index contributed by atoms with van der Waals surface area (Å²) in [5, 5.41) is 13.9. The Bertz CT molecular complexity index is 331. The van der Waals surface area contributed by atoms with Crippen LogP contribution in [-0.2, 0) is 4.79 Å². The van der Waals surface area contributed by atoms with Crippen LogP contribution in [0, 0.1) is 6.92 Å². The SMILES string of the molecule is Cc1cc(C(=O)NCC(=O)O)on1. The smallest absolute Gasteiger partial charge is 0.322 e. The number of carbonyl (C=O) groups excluding carboxylic acids is 1. The molecule has 1 aromatic rings. The molecule has 1 aromatic heterocycles. The minimum atomic E-state index is -1.11. The van der Waals surface area contributed by atoms with Gasteiger partial charge in [0.25, 0.3) is 5.91 Å². The van der Waals surface area contributed by atoms with Crippen LogP contribution in [0.4, 0.5) is 0 Å². The number of hydrogen-bond donors (Lipinski definition) is 2. The van der Waals surface area contributed by atoms with Crippen LogP contribution in [0.15, 0.2) is 10.6 Å². The van der Waals surface area contributed by atoms with Crippen LogP contribution in [0.5, 0.6) is 0 Å². The molecule has 6 nitrogen and oxygen atoms in total. The highest BCUT2D eigenvalue weighted by molar-refractivity contribution is 5.93. The molecular formula is C7H8N2O4. The Hall–Kier alpha value is -1.85. The minimum absolute atomic E-state index is 0.0127. The molecule has 0 aliphatic carbocycles. The summed E-state index contributed by atoms with van der Waals surface area (Å²) in [5.74, 6) is -1.67. The Balaban J connectivity index is 2.54. The fourth-order valence-electron chi connectivity index (χ4n) is 0.714. The molecule has 0 aliphatic heterocycles. The van der Waals surface area contributed by atoms with Gasteiger partial charge in [0, 0.05) is 6.07 Å². The van der Waals surface area contributed by atoms with Gasteiger partial charge in [-0.2, -0.15) is 0 Å². The Kier molecular flexibility index (Phi) is 2.63. The monoisotopic (exact) mass is 184 g/mol. The van der Waals surface area contributed by atoms with E-state index in [0.717, 1.165) is 0 Å². The van der Waals surface area contributed by atoms with Gasteiger partial charge >= 0.3 is 5.97 Å². The summed E-state index contributed by atoms with van der Waals surface area (Å²) in [6.45, 7) is 1.23. The van der Waals surface area contributed by atoms with E-state index >= 15 is 0 Å². The number of carboxylic acid groups (broad SMARTS) is 1. The van der Waals surface area contributed by atoms with Crippen molar-refractivity contribution >= 4 is 11.9 Å². The third-order valence-electron chi connectivity index (χ3n) is 1.25. The average Bonchev–Trinajstić information content (AvgIpc) is 2.47. The summed E-state index contributed by atoms with van der Waals surface area (Å²) in [6.07, 6.45) is 0. The summed E-state index contributed by atoms with van der Waals surface area (Å²) >= 11 is 0. The van der Waals surface area contributed by atoms with E-state index in [1.807, 2.05) is 0 Å². The topological polar surface area (TPSA) is 92.4 Å². The summed E-state index contributed by atoms with van der Waals surface area (Å²) in [5.41, 5.74) is 0.570. The summed E-state index contributed by atoms with van der Waals surface area (Å²) < 4.78 is 4.60. The summed E-state index contributed by atoms with van der Waals surface area (Å²) in [6, 6.07) is 1.43. The molecule has 0 aliphatic rings. The van der Waals surface area contributed by atoms with Crippen molar-refractivity contribution in [1.82, 2.24) is 10.5 Å². The minimum Gasteiger partial charge on any atom is -0.480 e. The van der Waals surface area contributed by atoms with Gasteiger partial charge in [-0.05, 0) is 6.92 Å². The van der Waals surface area contributed by atoms with Crippen LogP contribution in [0.3, 0.4) is 0 Å². The molecule has 1 heterocycles. The predicted molar refractivity (Wildman–Crippen MR) is 41.2 cm³/mol. The fourth-order valence-corrected chi connectivity index (χ4v) is 0.714. The zero-order valence-corrected chi connectivity index (χ0v) is 6.90. The fraction of sp³-hybridized carbons (Fsp3) is 0.286. The molecule has 70 valence electrons. The molecule has 0 saturated heterocycles. The second-order valence-corrected chi connectivity index (χ2v) is 2.41. The number of carboxylic acids is 1. The lowest BCUT2D eigenvalue weighted by Gasteiger charge is -1.95. The third kappa shape index (κ3) is 2.58. The maximum atomic E-state index is 11.1. The first kappa shape index (κ1) is 9.24. The number of amides is 1. The number of carbonyl (C=O) groups is 2. The van der Waals surface area contributed by atoms with Crippen LogP contribution >= 0.6 is 0 Å². The van der Waals surface area contributed by atoms with E-state index in [9.17, 15) is 9.59 Å². The van der Waals surface area contributed by atoms with Gasteiger partial charge in [-0.3, -0.25) is 9.59 Å². The molecule has 0 spiro atoms. The zero-order valence-electron chi connectivity index (χ0n) is 6.90. The highest BCUT2D eigenvalue weighted by Gasteiger charge is 2.11. The number of nitrogens with one attached hydrogen (secondary N) is 1. The lowest BCUT2D eigenvalue weighted by molar-refractivity contribution is -0.135. The van der Waals surface area contributed by atoms with Gasteiger partial charge in [0.1, 0.15) is 6.54 Å². The van der Waals surface area contributed by atoms with Gasteiger partial charge in [-0.25, -0.2) is 0 Å². The molecule has 1 amide bonds. The van der Waals surface area contributed by atoms with Gasteiger partial charge < -0.3 is 14.9 Å². The number of nitrogens with zero attached hydrogens (tertiary/aromatic N) is 1. The van der Waals surface area contributed by atoms with Crippen molar-refractivity contribution in [2.45, 2.75) is 6.92 Å². The van der Waals surface area contributed by atoms with E-state index in [1.165, 1.54) is 6.07 Å². The maximum Gasteiger partial charge on any atom is 0.322 e. The maximum absolute atomic E-state index is 11.1. The van der Waals surface area contributed by atoms with Gasteiger partial charge in [0.2, 0.25) is 5.76 Å². The molecule has 0 atom stereocenters. The Labute approximate surface area is 73.5 Å². The lowest BCUT2D eigenvalue weighted by Crippen LogP contribution is -2.28. The van der Waals surface area contributed by atoms with E-state index < -0.39 is 18.4 Å². The van der Waals surface area contributed by atoms with Crippen LogP contribution < -0.4 is 5.32 Å². The van der Waals surface area contributed by atoms with Crippen molar-refractivity contribution in [3.63, 3.8) is 0 Å². The van der Waals surface area contributed by atoms with E-state index in [4.69, 9.17) is 5.11 Å². The molecule has 1 rings (SSSR count). The Morgan fingerprint density at radius 2 is 2.38 bits per heavy atom. The van der Waals surface area contributed by atoms with E-state index in [2.05, 4.69) is 15.0 Å². The highest BCUT2D eigenvalue weighted by Crippen LogP contribution is 2.00. The first-order chi connectivity index (χ1) is 6.09. The van der Waals surface area contributed by atoms with Gasteiger partial charge in [-0.1, -0.05) is 5.16 Å². The molecule has 13 heavy (non-hydrogen) atoms. The van der Waals surface area contributed by atoms with Gasteiger partial charge in [-0.15, -0.1) is 0 Å². The summed E-state index contributed by atoms with van der Waals surface area (Å²) in [7, 11) is 0. The number of hydrogen-bond acceptors (Lipinski definition) is 4. The van der Waals surface area contributed by atoms with Crippen molar-refractivity contribution in [3.8, 4) is 0 Å². The molecule has 0 fully saturated rings. The first-order valence-corrected chi connectivity index (χ1v) is 3.53. The number of aryl methyl sites for hydroxylation is 1. The van der Waals surface area contributed by atoms with Crippen LogP contribution in [0.25, 0.3) is 0 Å².